The Morgan fingerprint density at radius 3 is 2.66 bits per heavy atom. The quantitative estimate of drug-likeness (QED) is 0.503. The van der Waals surface area contributed by atoms with Crippen molar-refractivity contribution in [3.63, 3.8) is 0 Å². The highest BCUT2D eigenvalue weighted by molar-refractivity contribution is 8.00. The molecule has 152 valence electrons. The summed E-state index contributed by atoms with van der Waals surface area (Å²) in [7, 11) is 4.22. The van der Waals surface area contributed by atoms with Crippen molar-refractivity contribution in [1.82, 2.24) is 14.9 Å². The van der Waals surface area contributed by atoms with Crippen molar-refractivity contribution in [1.29, 1.82) is 0 Å². The predicted octanol–water partition coefficient (Wildman–Crippen LogP) is 5.15. The van der Waals surface area contributed by atoms with Gasteiger partial charge in [-0.15, -0.1) is 11.3 Å². The summed E-state index contributed by atoms with van der Waals surface area (Å²) < 4.78 is 2.34. The minimum absolute atomic E-state index is 0.862. The van der Waals surface area contributed by atoms with E-state index in [0.29, 0.717) is 0 Å². The molecule has 3 aromatic rings. The third-order valence-electron chi connectivity index (χ3n) is 4.77. The number of para-hydroxylation sites is 1. The van der Waals surface area contributed by atoms with E-state index in [9.17, 15) is 0 Å². The zero-order chi connectivity index (χ0) is 20.2. The van der Waals surface area contributed by atoms with Crippen LogP contribution in [0.15, 0.2) is 47.4 Å². The number of hydrogen-bond donors (Lipinski definition) is 1. The standard InChI is InChI=1S/C22H27N5S2/c1-16-14-18(29-27(13-12-26(2)3)17-8-5-4-6-9-17)15-21(23-16)25-22-24-19-10-7-11-20(19)28-22/h4-6,8-9,14-15H,7,10-13H2,1-3H3,(H,23,24,25). The van der Waals surface area contributed by atoms with E-state index in [0.717, 1.165) is 42.6 Å². The minimum atomic E-state index is 0.862. The molecule has 0 saturated carbocycles. The summed E-state index contributed by atoms with van der Waals surface area (Å²) in [6.07, 6.45) is 3.50. The number of pyridine rings is 1. The number of rotatable bonds is 8. The van der Waals surface area contributed by atoms with Gasteiger partial charge in [0.05, 0.1) is 5.69 Å². The number of aromatic nitrogens is 2. The van der Waals surface area contributed by atoms with Crippen LogP contribution < -0.4 is 9.62 Å². The first-order valence-electron chi connectivity index (χ1n) is 9.96. The van der Waals surface area contributed by atoms with Crippen molar-refractivity contribution in [2.24, 2.45) is 0 Å². The number of likely N-dealkylation sites (N-methyl/N-ethyl adjacent to an activating group) is 1. The molecule has 0 radical (unpaired) electrons. The van der Waals surface area contributed by atoms with Crippen LogP contribution in [0.3, 0.4) is 0 Å². The minimum Gasteiger partial charge on any atom is -0.316 e. The maximum Gasteiger partial charge on any atom is 0.188 e. The summed E-state index contributed by atoms with van der Waals surface area (Å²) in [5.41, 5.74) is 3.47. The summed E-state index contributed by atoms with van der Waals surface area (Å²) in [5, 5.41) is 4.39. The van der Waals surface area contributed by atoms with E-state index < -0.39 is 0 Å². The molecule has 0 amide bonds. The SMILES string of the molecule is Cc1cc(SN(CCN(C)C)c2ccccc2)cc(Nc2nc3c(s2)CCC3)n1. The fourth-order valence-electron chi connectivity index (χ4n) is 3.35. The van der Waals surface area contributed by atoms with Gasteiger partial charge in [0.2, 0.25) is 0 Å². The number of benzene rings is 1. The van der Waals surface area contributed by atoms with Gasteiger partial charge in [-0.2, -0.15) is 0 Å². The molecule has 29 heavy (non-hydrogen) atoms. The van der Waals surface area contributed by atoms with Crippen LogP contribution in [0.2, 0.25) is 0 Å². The van der Waals surface area contributed by atoms with Crippen LogP contribution >= 0.6 is 23.3 Å². The van der Waals surface area contributed by atoms with Crippen LogP contribution in [0.5, 0.6) is 0 Å². The smallest absolute Gasteiger partial charge is 0.188 e. The Bertz CT molecular complexity index is 934. The van der Waals surface area contributed by atoms with Crippen LogP contribution in [-0.4, -0.2) is 42.1 Å². The zero-order valence-corrected chi connectivity index (χ0v) is 18.8. The molecule has 1 N–H and O–H groups in total. The van der Waals surface area contributed by atoms with E-state index in [1.807, 2.05) is 6.92 Å². The van der Waals surface area contributed by atoms with Gasteiger partial charge in [-0.3, -0.25) is 0 Å². The number of thiazole rings is 1. The number of nitrogens with zero attached hydrogens (tertiary/aromatic N) is 4. The van der Waals surface area contributed by atoms with Gasteiger partial charge < -0.3 is 14.5 Å². The number of fused-ring (bicyclic) bond motifs is 1. The van der Waals surface area contributed by atoms with Gasteiger partial charge in [0.15, 0.2) is 5.13 Å². The number of anilines is 3. The van der Waals surface area contributed by atoms with Crippen LogP contribution in [-0.2, 0) is 12.8 Å². The molecule has 0 aliphatic heterocycles. The lowest BCUT2D eigenvalue weighted by atomic mass is 10.3. The number of nitrogens with one attached hydrogen (secondary N) is 1. The molecule has 2 aromatic heterocycles. The summed E-state index contributed by atoms with van der Waals surface area (Å²) in [6.45, 7) is 3.97. The zero-order valence-electron chi connectivity index (χ0n) is 17.2. The largest absolute Gasteiger partial charge is 0.316 e. The molecular weight excluding hydrogens is 398 g/mol. The van der Waals surface area contributed by atoms with Gasteiger partial charge in [-0.05, 0) is 76.5 Å². The van der Waals surface area contributed by atoms with Crippen molar-refractivity contribution in [3.8, 4) is 0 Å². The lowest BCUT2D eigenvalue weighted by Crippen LogP contribution is -2.26. The van der Waals surface area contributed by atoms with Crippen LogP contribution in [0, 0.1) is 6.92 Å². The fraction of sp³-hybridized carbons (Fsp3) is 0.364. The average molecular weight is 426 g/mol. The van der Waals surface area contributed by atoms with Crippen molar-refractivity contribution in [2.75, 3.05) is 36.8 Å². The Kier molecular flexibility index (Phi) is 6.37. The highest BCUT2D eigenvalue weighted by Crippen LogP contribution is 2.34. The predicted molar refractivity (Wildman–Crippen MR) is 125 cm³/mol. The van der Waals surface area contributed by atoms with Gasteiger partial charge in [0.1, 0.15) is 5.82 Å². The molecule has 1 aliphatic rings. The Balaban J connectivity index is 1.53. The van der Waals surface area contributed by atoms with Gasteiger partial charge in [0, 0.05) is 34.2 Å². The van der Waals surface area contributed by atoms with Crippen molar-refractivity contribution in [3.05, 3.63) is 58.7 Å². The third kappa shape index (κ3) is 5.29. The Hall–Kier alpha value is -2.09. The lowest BCUT2D eigenvalue weighted by Gasteiger charge is -2.25. The van der Waals surface area contributed by atoms with Gasteiger partial charge in [-0.1, -0.05) is 18.2 Å². The van der Waals surface area contributed by atoms with E-state index in [-0.39, 0.29) is 0 Å². The molecule has 1 aromatic carbocycles. The normalized spacial score (nSPS) is 13.0. The molecule has 0 atom stereocenters. The molecule has 4 rings (SSSR count). The van der Waals surface area contributed by atoms with Gasteiger partial charge >= 0.3 is 0 Å². The summed E-state index contributed by atoms with van der Waals surface area (Å²) in [4.78, 5) is 14.2. The molecule has 0 spiro atoms. The monoisotopic (exact) mass is 425 g/mol. The van der Waals surface area contributed by atoms with E-state index >= 15 is 0 Å². The maximum absolute atomic E-state index is 4.75. The van der Waals surface area contributed by atoms with E-state index in [1.165, 1.54) is 27.6 Å². The van der Waals surface area contributed by atoms with Gasteiger partial charge in [-0.25, -0.2) is 9.97 Å². The highest BCUT2D eigenvalue weighted by Gasteiger charge is 2.17. The highest BCUT2D eigenvalue weighted by atomic mass is 32.2. The Morgan fingerprint density at radius 1 is 1.07 bits per heavy atom. The van der Waals surface area contributed by atoms with Crippen molar-refractivity contribution >= 4 is 39.9 Å². The van der Waals surface area contributed by atoms with E-state index in [1.54, 1.807) is 23.3 Å². The first kappa shape index (κ1) is 20.2. The van der Waals surface area contributed by atoms with Crippen molar-refractivity contribution < 1.29 is 0 Å². The topological polar surface area (TPSA) is 44.3 Å². The molecule has 7 heteroatoms. The second kappa shape index (κ2) is 9.15. The molecule has 0 saturated heterocycles. The molecule has 1 aliphatic carbocycles. The molecule has 5 nitrogen and oxygen atoms in total. The Morgan fingerprint density at radius 2 is 1.90 bits per heavy atom. The first-order chi connectivity index (χ1) is 14.1. The van der Waals surface area contributed by atoms with Crippen LogP contribution in [0.25, 0.3) is 0 Å². The lowest BCUT2D eigenvalue weighted by molar-refractivity contribution is 0.421. The summed E-state index contributed by atoms with van der Waals surface area (Å²) in [6, 6.07) is 14.8. The molecule has 2 heterocycles. The number of aryl methyl sites for hydroxylation is 3. The average Bonchev–Trinajstić information content (AvgIpc) is 3.27. The van der Waals surface area contributed by atoms with E-state index in [2.05, 4.69) is 76.1 Å². The Labute approximate surface area is 181 Å². The third-order valence-corrected chi connectivity index (χ3v) is 6.90. The van der Waals surface area contributed by atoms with Crippen molar-refractivity contribution in [2.45, 2.75) is 31.1 Å². The summed E-state index contributed by atoms with van der Waals surface area (Å²) >= 11 is 3.52. The van der Waals surface area contributed by atoms with E-state index in [4.69, 9.17) is 4.98 Å². The summed E-state index contributed by atoms with van der Waals surface area (Å²) in [5.74, 6) is 0.862. The fourth-order valence-corrected chi connectivity index (χ4v) is 5.45. The molecule has 0 bridgehead atoms. The second-order valence-electron chi connectivity index (χ2n) is 7.53. The van der Waals surface area contributed by atoms with Crippen LogP contribution in [0.4, 0.5) is 16.6 Å². The first-order valence-corrected chi connectivity index (χ1v) is 11.6. The van der Waals surface area contributed by atoms with Gasteiger partial charge in [0.25, 0.3) is 0 Å². The maximum atomic E-state index is 4.75. The molecular formula is C22H27N5S2. The second-order valence-corrected chi connectivity index (χ2v) is 9.71. The number of hydrogen-bond acceptors (Lipinski definition) is 7. The molecule has 0 fully saturated rings. The molecule has 0 unspecified atom stereocenters. The van der Waals surface area contributed by atoms with Crippen LogP contribution in [0.1, 0.15) is 22.7 Å².